The highest BCUT2D eigenvalue weighted by atomic mass is 16.6. The van der Waals surface area contributed by atoms with Crippen molar-refractivity contribution < 1.29 is 14.3 Å². The van der Waals surface area contributed by atoms with Gasteiger partial charge in [-0.05, 0) is 50.1 Å². The molecule has 0 radical (unpaired) electrons. The molecule has 6 heteroatoms. The van der Waals surface area contributed by atoms with E-state index in [0.717, 1.165) is 33.8 Å². The van der Waals surface area contributed by atoms with E-state index in [2.05, 4.69) is 16.0 Å². The number of amides is 2. The highest BCUT2D eigenvalue weighted by molar-refractivity contribution is 6.37. The summed E-state index contributed by atoms with van der Waals surface area (Å²) < 4.78 is 5.31. The highest BCUT2D eigenvalue weighted by Gasteiger charge is 2.28. The summed E-state index contributed by atoms with van der Waals surface area (Å²) in [6.45, 7) is 5.80. The van der Waals surface area contributed by atoms with E-state index in [4.69, 9.17) is 4.74 Å². The van der Waals surface area contributed by atoms with Gasteiger partial charge in [-0.3, -0.25) is 4.79 Å². The first kappa shape index (κ1) is 22.1. The number of anilines is 2. The highest BCUT2D eigenvalue weighted by Crippen LogP contribution is 2.37. The van der Waals surface area contributed by atoms with Gasteiger partial charge in [-0.15, -0.1) is 0 Å². The first-order chi connectivity index (χ1) is 15.8. The molecule has 0 aliphatic carbocycles. The third kappa shape index (κ3) is 5.41. The number of rotatable bonds is 5. The summed E-state index contributed by atoms with van der Waals surface area (Å²) in [5.74, 6) is -0.148. The Morgan fingerprint density at radius 3 is 2.42 bits per heavy atom. The van der Waals surface area contributed by atoms with Gasteiger partial charge in [0.1, 0.15) is 5.60 Å². The summed E-state index contributed by atoms with van der Waals surface area (Å²) in [5, 5.41) is 9.18. The summed E-state index contributed by atoms with van der Waals surface area (Å²) in [7, 11) is 0. The normalized spacial score (nSPS) is 14.2. The van der Waals surface area contributed by atoms with Crippen LogP contribution in [0.4, 0.5) is 16.2 Å². The molecule has 0 atom stereocenters. The predicted octanol–water partition coefficient (Wildman–Crippen LogP) is 5.64. The number of para-hydroxylation sites is 1. The Balaban J connectivity index is 1.63. The minimum atomic E-state index is -0.553. The van der Waals surface area contributed by atoms with Gasteiger partial charge in [0.25, 0.3) is 5.91 Å². The van der Waals surface area contributed by atoms with E-state index in [-0.39, 0.29) is 5.91 Å². The molecule has 0 spiro atoms. The van der Waals surface area contributed by atoms with Crippen molar-refractivity contribution in [1.82, 2.24) is 5.32 Å². The molecular formula is C27H27N3O3. The maximum Gasteiger partial charge on any atom is 0.407 e. The van der Waals surface area contributed by atoms with Crippen LogP contribution in [0.5, 0.6) is 0 Å². The number of nitrogens with one attached hydrogen (secondary N) is 3. The first-order valence-electron chi connectivity index (χ1n) is 10.8. The van der Waals surface area contributed by atoms with E-state index >= 15 is 0 Å². The molecule has 2 amide bonds. The Kier molecular flexibility index (Phi) is 6.18. The predicted molar refractivity (Wildman–Crippen MR) is 131 cm³/mol. The Morgan fingerprint density at radius 1 is 0.939 bits per heavy atom. The molecule has 3 N–H and O–H groups in total. The van der Waals surface area contributed by atoms with Crippen LogP contribution in [0, 0.1) is 0 Å². The van der Waals surface area contributed by atoms with E-state index in [0.29, 0.717) is 12.1 Å². The lowest BCUT2D eigenvalue weighted by molar-refractivity contribution is -0.110. The minimum Gasteiger partial charge on any atom is -0.444 e. The maximum atomic E-state index is 12.9. The third-order valence-electron chi connectivity index (χ3n) is 5.02. The van der Waals surface area contributed by atoms with Crippen LogP contribution < -0.4 is 16.0 Å². The molecule has 3 aromatic rings. The van der Waals surface area contributed by atoms with E-state index in [1.54, 1.807) is 0 Å². The molecule has 0 unspecified atom stereocenters. The van der Waals surface area contributed by atoms with Crippen LogP contribution >= 0.6 is 0 Å². The second-order valence-electron chi connectivity index (χ2n) is 8.80. The molecule has 4 rings (SSSR count). The van der Waals surface area contributed by atoms with Crippen LogP contribution in [0.3, 0.4) is 0 Å². The fourth-order valence-electron chi connectivity index (χ4n) is 3.64. The number of hydrogen-bond donors (Lipinski definition) is 3. The van der Waals surface area contributed by atoms with Gasteiger partial charge in [0, 0.05) is 23.5 Å². The zero-order chi connectivity index (χ0) is 23.4. The average Bonchev–Trinajstić information content (AvgIpc) is 3.11. The van der Waals surface area contributed by atoms with Gasteiger partial charge in [0.15, 0.2) is 0 Å². The second-order valence-corrected chi connectivity index (χ2v) is 8.80. The number of hydrogen-bond acceptors (Lipinski definition) is 4. The van der Waals surface area contributed by atoms with Gasteiger partial charge in [-0.1, -0.05) is 60.7 Å². The van der Waals surface area contributed by atoms with Crippen LogP contribution in [-0.4, -0.2) is 17.6 Å². The Labute approximate surface area is 193 Å². The lowest BCUT2D eigenvalue weighted by Crippen LogP contribution is -2.32. The Hall–Kier alpha value is -4.06. The standard InChI is InChI=1S/C27H27N3O3/c1-27(2,3)33-26(32)28-17-18-10-9-13-20(16-18)29-24(19-11-5-4-6-12-19)23-21-14-7-8-15-22(21)30-25(23)31/h4-16,29H,17H2,1-3H3,(H,28,32)(H,30,31)/b24-23-. The zero-order valence-electron chi connectivity index (χ0n) is 18.9. The summed E-state index contributed by atoms with van der Waals surface area (Å²) in [4.78, 5) is 24.9. The monoisotopic (exact) mass is 441 g/mol. The lowest BCUT2D eigenvalue weighted by Gasteiger charge is -2.20. The number of carbonyl (C=O) groups is 2. The zero-order valence-corrected chi connectivity index (χ0v) is 18.9. The number of carbonyl (C=O) groups excluding carboxylic acids is 2. The maximum absolute atomic E-state index is 12.9. The molecule has 3 aromatic carbocycles. The van der Waals surface area contributed by atoms with Crippen molar-refractivity contribution in [3.8, 4) is 0 Å². The third-order valence-corrected chi connectivity index (χ3v) is 5.02. The quantitative estimate of drug-likeness (QED) is 0.448. The largest absolute Gasteiger partial charge is 0.444 e. The number of alkyl carbamates (subject to hydrolysis) is 1. The summed E-state index contributed by atoms with van der Waals surface area (Å²) >= 11 is 0. The molecule has 168 valence electrons. The van der Waals surface area contributed by atoms with E-state index < -0.39 is 11.7 Å². The van der Waals surface area contributed by atoms with Crippen LogP contribution in [0.1, 0.15) is 37.5 Å². The van der Waals surface area contributed by atoms with Gasteiger partial charge in [-0.25, -0.2) is 4.79 Å². The molecule has 0 saturated carbocycles. The molecular weight excluding hydrogens is 414 g/mol. The molecule has 0 saturated heterocycles. The van der Waals surface area contributed by atoms with Crippen molar-refractivity contribution in [3.05, 3.63) is 95.6 Å². The van der Waals surface area contributed by atoms with Gasteiger partial charge in [-0.2, -0.15) is 0 Å². The van der Waals surface area contributed by atoms with Crippen molar-refractivity contribution in [3.63, 3.8) is 0 Å². The van der Waals surface area contributed by atoms with Crippen molar-refractivity contribution >= 4 is 34.6 Å². The smallest absolute Gasteiger partial charge is 0.407 e. The molecule has 1 heterocycles. The Morgan fingerprint density at radius 2 is 1.67 bits per heavy atom. The molecule has 33 heavy (non-hydrogen) atoms. The summed E-state index contributed by atoms with van der Waals surface area (Å²) in [6, 6.07) is 25.1. The van der Waals surface area contributed by atoms with Crippen LogP contribution in [0.15, 0.2) is 78.9 Å². The lowest BCUT2D eigenvalue weighted by atomic mass is 10.00. The average molecular weight is 442 g/mol. The number of ether oxygens (including phenoxy) is 1. The van der Waals surface area contributed by atoms with Crippen molar-refractivity contribution in [2.45, 2.75) is 32.9 Å². The first-order valence-corrected chi connectivity index (χ1v) is 10.8. The van der Waals surface area contributed by atoms with Gasteiger partial charge in [0.2, 0.25) is 0 Å². The van der Waals surface area contributed by atoms with Crippen LogP contribution in [0.25, 0.3) is 11.3 Å². The molecule has 6 nitrogen and oxygen atoms in total. The van der Waals surface area contributed by atoms with E-state index in [1.165, 1.54) is 0 Å². The van der Waals surface area contributed by atoms with Gasteiger partial charge >= 0.3 is 6.09 Å². The number of fused-ring (bicyclic) bond motifs is 1. The summed E-state index contributed by atoms with van der Waals surface area (Å²) in [6.07, 6.45) is -0.466. The van der Waals surface area contributed by atoms with Gasteiger partial charge in [0.05, 0.1) is 11.3 Å². The van der Waals surface area contributed by atoms with Crippen molar-refractivity contribution in [2.75, 3.05) is 10.6 Å². The fraction of sp³-hybridized carbons (Fsp3) is 0.185. The van der Waals surface area contributed by atoms with Crippen LogP contribution in [-0.2, 0) is 16.1 Å². The van der Waals surface area contributed by atoms with Gasteiger partial charge < -0.3 is 20.7 Å². The minimum absolute atomic E-state index is 0.148. The molecule has 1 aliphatic rings. The summed E-state index contributed by atoms with van der Waals surface area (Å²) in [5.41, 5.74) is 5.02. The second kappa shape index (κ2) is 9.20. The molecule has 1 aliphatic heterocycles. The SMILES string of the molecule is CC(C)(C)OC(=O)NCc1cccc(N/C(=C2\C(=O)Nc3ccccc32)c2ccccc2)c1. The fourth-order valence-corrected chi connectivity index (χ4v) is 3.64. The Bertz CT molecular complexity index is 1210. The topological polar surface area (TPSA) is 79.5 Å². The molecule has 0 fully saturated rings. The molecule has 0 bridgehead atoms. The molecule has 0 aromatic heterocycles. The van der Waals surface area contributed by atoms with E-state index in [9.17, 15) is 9.59 Å². The van der Waals surface area contributed by atoms with Crippen molar-refractivity contribution in [2.24, 2.45) is 0 Å². The van der Waals surface area contributed by atoms with E-state index in [1.807, 2.05) is 99.6 Å². The number of benzene rings is 3. The van der Waals surface area contributed by atoms with Crippen LogP contribution in [0.2, 0.25) is 0 Å². The van der Waals surface area contributed by atoms with Crippen molar-refractivity contribution in [1.29, 1.82) is 0 Å².